The van der Waals surface area contributed by atoms with Crippen LogP contribution >= 0.6 is 0 Å². The summed E-state index contributed by atoms with van der Waals surface area (Å²) in [4.78, 5) is 16.6. The second-order valence-electron chi connectivity index (χ2n) is 9.06. The Balaban J connectivity index is 1.11. The third-order valence-electron chi connectivity index (χ3n) is 7.28. The van der Waals surface area contributed by atoms with Gasteiger partial charge < -0.3 is 9.80 Å². The van der Waals surface area contributed by atoms with E-state index in [1.165, 1.54) is 23.9 Å². The molecular formula is C27H28FN5. The highest BCUT2D eigenvalue weighted by molar-refractivity contribution is 5.91. The van der Waals surface area contributed by atoms with E-state index >= 15 is 0 Å². The van der Waals surface area contributed by atoms with Gasteiger partial charge in [0.2, 0.25) is 0 Å². The first-order chi connectivity index (χ1) is 16.3. The molecule has 2 aliphatic heterocycles. The first-order valence-electron chi connectivity index (χ1n) is 11.9. The van der Waals surface area contributed by atoms with Crippen molar-refractivity contribution in [1.29, 1.82) is 0 Å². The topological polar surface area (TPSA) is 35.5 Å². The summed E-state index contributed by atoms with van der Waals surface area (Å²) in [5.41, 5.74) is 4.17. The van der Waals surface area contributed by atoms with Crippen LogP contribution in [0.15, 0.2) is 67.0 Å². The summed E-state index contributed by atoms with van der Waals surface area (Å²) in [5, 5.41) is 1.81. The molecule has 0 atom stereocenters. The second kappa shape index (κ2) is 8.60. The van der Waals surface area contributed by atoms with Crippen LogP contribution in [-0.2, 0) is 0 Å². The zero-order chi connectivity index (χ0) is 22.2. The van der Waals surface area contributed by atoms with E-state index < -0.39 is 0 Å². The van der Waals surface area contributed by atoms with Crippen molar-refractivity contribution in [2.75, 3.05) is 49.1 Å². The molecule has 0 amide bonds. The van der Waals surface area contributed by atoms with E-state index in [9.17, 15) is 4.39 Å². The van der Waals surface area contributed by atoms with E-state index in [0.29, 0.717) is 11.4 Å². The number of halogens is 1. The molecule has 0 spiro atoms. The number of para-hydroxylation sites is 1. The lowest BCUT2D eigenvalue weighted by atomic mass is 10.0. The molecule has 0 radical (unpaired) electrons. The van der Waals surface area contributed by atoms with Crippen LogP contribution in [0.25, 0.3) is 21.8 Å². The Kier molecular flexibility index (Phi) is 5.30. The van der Waals surface area contributed by atoms with Gasteiger partial charge in [-0.3, -0.25) is 14.9 Å². The van der Waals surface area contributed by atoms with Gasteiger partial charge in [0, 0.05) is 68.5 Å². The number of nitrogens with zero attached hydrogens (tertiary/aromatic N) is 5. The van der Waals surface area contributed by atoms with Gasteiger partial charge in [0.25, 0.3) is 0 Å². The monoisotopic (exact) mass is 441 g/mol. The molecule has 33 heavy (non-hydrogen) atoms. The fraction of sp³-hybridized carbons (Fsp3) is 0.333. The highest BCUT2D eigenvalue weighted by Crippen LogP contribution is 2.31. The van der Waals surface area contributed by atoms with E-state index in [4.69, 9.17) is 0 Å². The van der Waals surface area contributed by atoms with Gasteiger partial charge in [-0.05, 0) is 49.2 Å². The Labute approximate surface area is 193 Å². The molecule has 168 valence electrons. The Morgan fingerprint density at radius 1 is 0.667 bits per heavy atom. The third-order valence-corrected chi connectivity index (χ3v) is 7.28. The van der Waals surface area contributed by atoms with Crippen molar-refractivity contribution < 1.29 is 4.39 Å². The molecule has 0 unspecified atom stereocenters. The van der Waals surface area contributed by atoms with Gasteiger partial charge in [0.1, 0.15) is 5.82 Å². The van der Waals surface area contributed by atoms with E-state index in [1.54, 1.807) is 18.3 Å². The predicted molar refractivity (Wildman–Crippen MR) is 132 cm³/mol. The summed E-state index contributed by atoms with van der Waals surface area (Å²) in [6.07, 6.45) is 5.98. The van der Waals surface area contributed by atoms with Gasteiger partial charge in [-0.25, -0.2) is 4.39 Å². The number of rotatable bonds is 3. The molecule has 2 aliphatic rings. The average Bonchev–Trinajstić information content (AvgIpc) is 2.89. The number of pyridine rings is 2. The van der Waals surface area contributed by atoms with Crippen LogP contribution in [0.1, 0.15) is 12.8 Å². The quantitative estimate of drug-likeness (QED) is 0.460. The summed E-state index contributed by atoms with van der Waals surface area (Å²) < 4.78 is 14.2. The fourth-order valence-electron chi connectivity index (χ4n) is 5.52. The normalized spacial score (nSPS) is 18.3. The van der Waals surface area contributed by atoms with E-state index in [0.717, 1.165) is 56.0 Å². The van der Waals surface area contributed by atoms with Crippen LogP contribution in [-0.4, -0.2) is 60.2 Å². The lowest BCUT2D eigenvalue weighted by Gasteiger charge is -2.44. The van der Waals surface area contributed by atoms with Gasteiger partial charge in [-0.2, -0.15) is 0 Å². The Morgan fingerprint density at radius 3 is 2.15 bits per heavy atom. The minimum atomic E-state index is -0.200. The van der Waals surface area contributed by atoms with Crippen LogP contribution in [0.5, 0.6) is 0 Å². The molecule has 4 heterocycles. The summed E-state index contributed by atoms with van der Waals surface area (Å²) >= 11 is 0. The maximum Gasteiger partial charge on any atom is 0.132 e. The maximum atomic E-state index is 14.2. The van der Waals surface area contributed by atoms with Gasteiger partial charge in [-0.1, -0.05) is 18.2 Å². The zero-order valence-electron chi connectivity index (χ0n) is 18.7. The van der Waals surface area contributed by atoms with Crippen molar-refractivity contribution in [1.82, 2.24) is 14.9 Å². The van der Waals surface area contributed by atoms with Gasteiger partial charge >= 0.3 is 0 Å². The highest BCUT2D eigenvalue weighted by atomic mass is 19.1. The summed E-state index contributed by atoms with van der Waals surface area (Å²) in [5.74, 6) is -0.200. The van der Waals surface area contributed by atoms with Crippen LogP contribution in [0, 0.1) is 5.82 Å². The molecular weight excluding hydrogens is 413 g/mol. The van der Waals surface area contributed by atoms with Crippen molar-refractivity contribution in [3.8, 4) is 0 Å². The van der Waals surface area contributed by atoms with Gasteiger partial charge in [0.05, 0.1) is 22.4 Å². The smallest absolute Gasteiger partial charge is 0.132 e. The van der Waals surface area contributed by atoms with Crippen LogP contribution in [0.2, 0.25) is 0 Å². The fourth-order valence-corrected chi connectivity index (χ4v) is 5.52. The molecule has 2 saturated heterocycles. The second-order valence-corrected chi connectivity index (χ2v) is 9.06. The van der Waals surface area contributed by atoms with E-state index in [1.807, 2.05) is 24.4 Å². The molecule has 4 aromatic rings. The van der Waals surface area contributed by atoms with E-state index in [2.05, 4.69) is 48.9 Å². The number of anilines is 2. The van der Waals surface area contributed by atoms with Crippen molar-refractivity contribution in [2.24, 2.45) is 0 Å². The third kappa shape index (κ3) is 3.78. The van der Waals surface area contributed by atoms with Crippen molar-refractivity contribution in [3.63, 3.8) is 0 Å². The first-order valence-corrected chi connectivity index (χ1v) is 11.9. The van der Waals surface area contributed by atoms with Crippen molar-refractivity contribution in [3.05, 3.63) is 72.8 Å². The number of aromatic nitrogens is 2. The number of hydrogen-bond donors (Lipinski definition) is 0. The molecule has 0 bridgehead atoms. The number of piperazine rings is 1. The maximum absolute atomic E-state index is 14.2. The average molecular weight is 442 g/mol. The van der Waals surface area contributed by atoms with Crippen LogP contribution in [0.3, 0.4) is 0 Å². The molecule has 6 heteroatoms. The Morgan fingerprint density at radius 2 is 1.33 bits per heavy atom. The highest BCUT2D eigenvalue weighted by Gasteiger charge is 2.29. The van der Waals surface area contributed by atoms with E-state index in [-0.39, 0.29) is 5.82 Å². The molecule has 0 saturated carbocycles. The van der Waals surface area contributed by atoms with Crippen molar-refractivity contribution >= 4 is 33.2 Å². The van der Waals surface area contributed by atoms with Gasteiger partial charge in [0.15, 0.2) is 0 Å². The summed E-state index contributed by atoms with van der Waals surface area (Å²) in [6.45, 7) is 6.09. The molecule has 2 aromatic heterocycles. The van der Waals surface area contributed by atoms with Gasteiger partial charge in [-0.15, -0.1) is 0 Å². The molecule has 0 N–H and O–H groups in total. The summed E-state index contributed by atoms with van der Waals surface area (Å²) in [7, 11) is 0. The van der Waals surface area contributed by atoms with Crippen LogP contribution < -0.4 is 9.80 Å². The molecule has 6 rings (SSSR count). The predicted octanol–water partition coefficient (Wildman–Crippen LogP) is 4.71. The first kappa shape index (κ1) is 20.4. The number of benzene rings is 2. The molecule has 0 aliphatic carbocycles. The Bertz CT molecular complexity index is 1270. The minimum Gasteiger partial charge on any atom is -0.370 e. The number of fused-ring (bicyclic) bond motifs is 2. The van der Waals surface area contributed by atoms with Crippen molar-refractivity contribution in [2.45, 2.75) is 18.9 Å². The number of piperidine rings is 1. The molecule has 2 aromatic carbocycles. The Hall–Kier alpha value is -3.25. The number of hydrogen-bond acceptors (Lipinski definition) is 5. The largest absolute Gasteiger partial charge is 0.370 e. The lowest BCUT2D eigenvalue weighted by molar-refractivity contribution is 0.160. The summed E-state index contributed by atoms with van der Waals surface area (Å²) in [6, 6.07) is 18.3. The standard InChI is InChI=1S/C27H28FN5/c28-23-8-9-25(27-22(23)6-3-13-30-27)33-18-16-31(17-19-33)21-10-14-32(15-11-21)24-7-1-4-20-5-2-12-29-26(20)24/h1-9,12-13,21H,10-11,14-19H2. The molecule has 5 nitrogen and oxygen atoms in total. The zero-order valence-corrected chi connectivity index (χ0v) is 18.7. The lowest BCUT2D eigenvalue weighted by Crippen LogP contribution is -2.53. The van der Waals surface area contributed by atoms with Crippen LogP contribution in [0.4, 0.5) is 15.8 Å². The minimum absolute atomic E-state index is 0.200. The SMILES string of the molecule is Fc1ccc(N2CCN(C3CCN(c4cccc5cccnc45)CC3)CC2)c2ncccc12. The molecule has 2 fully saturated rings.